The molecular weight excluding hydrogens is 530 g/mol. The lowest BCUT2D eigenvalue weighted by atomic mass is 10.2. The molecular formula is C22H26BrN3O3S3. The molecule has 172 valence electrons. The molecule has 0 aliphatic carbocycles. The van der Waals surface area contributed by atoms with Gasteiger partial charge in [-0.25, -0.2) is 13.4 Å². The number of carbonyl (C=O) groups is 1. The molecule has 0 bridgehead atoms. The SMILES string of the molecule is CC(C)CN(CC(C)C)S(=O)(=O)c1ccc(C(=O)Nc2nc(-c3ccc(Br)s3)cs2)cc1. The zero-order chi connectivity index (χ0) is 23.5. The lowest BCUT2D eigenvalue weighted by Gasteiger charge is -2.25. The summed E-state index contributed by atoms with van der Waals surface area (Å²) in [4.78, 5) is 18.3. The van der Waals surface area contributed by atoms with Crippen LogP contribution in [-0.4, -0.2) is 36.7 Å². The van der Waals surface area contributed by atoms with E-state index in [0.29, 0.717) is 23.8 Å². The molecule has 3 aromatic rings. The Morgan fingerprint density at radius 1 is 1.06 bits per heavy atom. The Kier molecular flexibility index (Phi) is 8.26. The van der Waals surface area contributed by atoms with Crippen LogP contribution in [0.25, 0.3) is 10.6 Å². The van der Waals surface area contributed by atoms with Crippen molar-refractivity contribution < 1.29 is 13.2 Å². The number of rotatable bonds is 9. The first-order valence-electron chi connectivity index (χ1n) is 10.2. The van der Waals surface area contributed by atoms with Gasteiger partial charge >= 0.3 is 0 Å². The average molecular weight is 557 g/mol. The molecule has 32 heavy (non-hydrogen) atoms. The van der Waals surface area contributed by atoms with Crippen LogP contribution in [0.1, 0.15) is 38.1 Å². The van der Waals surface area contributed by atoms with Crippen LogP contribution >= 0.6 is 38.6 Å². The highest BCUT2D eigenvalue weighted by Gasteiger charge is 2.26. The Balaban J connectivity index is 1.73. The monoisotopic (exact) mass is 555 g/mol. The minimum Gasteiger partial charge on any atom is -0.298 e. The maximum absolute atomic E-state index is 13.1. The van der Waals surface area contributed by atoms with Gasteiger partial charge in [0.05, 0.1) is 19.3 Å². The summed E-state index contributed by atoms with van der Waals surface area (Å²) in [5.74, 6) is 0.0996. The van der Waals surface area contributed by atoms with Gasteiger partial charge in [0.15, 0.2) is 5.13 Å². The van der Waals surface area contributed by atoms with E-state index in [1.165, 1.54) is 39.9 Å². The van der Waals surface area contributed by atoms with Crippen LogP contribution in [-0.2, 0) is 10.0 Å². The molecule has 1 N–H and O–H groups in total. The van der Waals surface area contributed by atoms with Crippen molar-refractivity contribution in [2.45, 2.75) is 32.6 Å². The van der Waals surface area contributed by atoms with Crippen molar-refractivity contribution in [1.82, 2.24) is 9.29 Å². The third-order valence-electron chi connectivity index (χ3n) is 4.44. The molecule has 2 aromatic heterocycles. The zero-order valence-corrected chi connectivity index (χ0v) is 22.4. The molecule has 0 aliphatic heterocycles. The number of thiophene rings is 1. The Morgan fingerprint density at radius 3 is 2.22 bits per heavy atom. The topological polar surface area (TPSA) is 79.4 Å². The van der Waals surface area contributed by atoms with Crippen molar-refractivity contribution in [3.8, 4) is 10.6 Å². The number of nitrogens with one attached hydrogen (secondary N) is 1. The molecule has 1 amide bonds. The van der Waals surface area contributed by atoms with Crippen LogP contribution < -0.4 is 5.32 Å². The van der Waals surface area contributed by atoms with E-state index in [9.17, 15) is 13.2 Å². The Labute approximate surface area is 205 Å². The minimum atomic E-state index is -3.63. The van der Waals surface area contributed by atoms with Crippen molar-refractivity contribution in [3.05, 3.63) is 51.1 Å². The lowest BCUT2D eigenvalue weighted by molar-refractivity contribution is 0.102. The number of halogens is 1. The normalized spacial score (nSPS) is 12.1. The molecule has 0 aliphatic rings. The van der Waals surface area contributed by atoms with E-state index >= 15 is 0 Å². The molecule has 0 unspecified atom stereocenters. The summed E-state index contributed by atoms with van der Waals surface area (Å²) in [5, 5.41) is 5.17. The van der Waals surface area contributed by atoms with Gasteiger partial charge in [-0.2, -0.15) is 4.31 Å². The minimum absolute atomic E-state index is 0.190. The number of aromatic nitrogens is 1. The van der Waals surface area contributed by atoms with E-state index < -0.39 is 10.0 Å². The molecule has 0 fully saturated rings. The summed E-state index contributed by atoms with van der Waals surface area (Å²) in [5.41, 5.74) is 1.18. The number of hydrogen-bond donors (Lipinski definition) is 1. The molecule has 0 saturated carbocycles. The van der Waals surface area contributed by atoms with Crippen LogP contribution in [0.4, 0.5) is 5.13 Å². The van der Waals surface area contributed by atoms with Crippen molar-refractivity contribution in [2.24, 2.45) is 11.8 Å². The molecule has 0 atom stereocenters. The molecule has 0 saturated heterocycles. The fraction of sp³-hybridized carbons (Fsp3) is 0.364. The maximum atomic E-state index is 13.1. The van der Waals surface area contributed by atoms with Gasteiger partial charge in [-0.1, -0.05) is 27.7 Å². The third-order valence-corrected chi connectivity index (χ3v) is 8.69. The number of hydrogen-bond acceptors (Lipinski definition) is 6. The second-order valence-electron chi connectivity index (χ2n) is 8.23. The smallest absolute Gasteiger partial charge is 0.257 e. The second-order valence-corrected chi connectivity index (χ2v) is 13.5. The number of thiazole rings is 1. The second kappa shape index (κ2) is 10.6. The van der Waals surface area contributed by atoms with E-state index in [0.717, 1.165) is 14.4 Å². The van der Waals surface area contributed by atoms with E-state index in [4.69, 9.17) is 0 Å². The van der Waals surface area contributed by atoms with E-state index in [-0.39, 0.29) is 22.6 Å². The molecule has 10 heteroatoms. The number of amides is 1. The summed E-state index contributed by atoms with van der Waals surface area (Å²) in [6.45, 7) is 8.90. The van der Waals surface area contributed by atoms with Crippen LogP contribution in [0.5, 0.6) is 0 Å². The first-order chi connectivity index (χ1) is 15.1. The fourth-order valence-corrected chi connectivity index (χ4v) is 6.97. The van der Waals surface area contributed by atoms with Gasteiger partial charge in [-0.05, 0) is 64.2 Å². The predicted molar refractivity (Wildman–Crippen MR) is 136 cm³/mol. The summed E-state index contributed by atoms with van der Waals surface area (Å²) < 4.78 is 28.8. The fourth-order valence-electron chi connectivity index (χ4n) is 3.08. The highest BCUT2D eigenvalue weighted by atomic mass is 79.9. The summed E-state index contributed by atoms with van der Waals surface area (Å²) >= 11 is 6.35. The number of anilines is 1. The first-order valence-corrected chi connectivity index (χ1v) is 14.1. The van der Waals surface area contributed by atoms with Crippen LogP contribution in [0, 0.1) is 11.8 Å². The van der Waals surface area contributed by atoms with E-state index in [1.807, 2.05) is 45.2 Å². The summed E-state index contributed by atoms with van der Waals surface area (Å²) in [6, 6.07) is 9.99. The third kappa shape index (κ3) is 6.26. The molecule has 0 spiro atoms. The van der Waals surface area contributed by atoms with Crippen molar-refractivity contribution >= 4 is 59.7 Å². The van der Waals surface area contributed by atoms with Crippen molar-refractivity contribution in [1.29, 1.82) is 0 Å². The molecule has 1 aromatic carbocycles. The summed E-state index contributed by atoms with van der Waals surface area (Å²) in [6.07, 6.45) is 0. The number of nitrogens with zero attached hydrogens (tertiary/aromatic N) is 2. The van der Waals surface area contributed by atoms with E-state index in [2.05, 4.69) is 26.2 Å². The Bertz CT molecular complexity index is 1160. The van der Waals surface area contributed by atoms with Gasteiger partial charge < -0.3 is 0 Å². The number of benzene rings is 1. The van der Waals surface area contributed by atoms with Crippen LogP contribution in [0.15, 0.2) is 50.5 Å². The Morgan fingerprint density at radius 2 is 1.69 bits per heavy atom. The van der Waals surface area contributed by atoms with Crippen LogP contribution in [0.3, 0.4) is 0 Å². The van der Waals surface area contributed by atoms with Gasteiger partial charge in [0.25, 0.3) is 5.91 Å². The van der Waals surface area contributed by atoms with Gasteiger partial charge in [-0.15, -0.1) is 22.7 Å². The maximum Gasteiger partial charge on any atom is 0.257 e. The molecule has 3 rings (SSSR count). The van der Waals surface area contributed by atoms with Gasteiger partial charge in [0.2, 0.25) is 10.0 Å². The average Bonchev–Trinajstić information content (AvgIpc) is 3.35. The van der Waals surface area contributed by atoms with Crippen molar-refractivity contribution in [3.63, 3.8) is 0 Å². The van der Waals surface area contributed by atoms with Gasteiger partial charge in [0, 0.05) is 24.0 Å². The van der Waals surface area contributed by atoms with Crippen LogP contribution in [0.2, 0.25) is 0 Å². The lowest BCUT2D eigenvalue weighted by Crippen LogP contribution is -2.37. The number of carbonyl (C=O) groups excluding carboxylic acids is 1. The summed E-state index contributed by atoms with van der Waals surface area (Å²) in [7, 11) is -3.63. The standard InChI is InChI=1S/C22H26BrN3O3S3/c1-14(2)11-26(12-15(3)4)32(28,29)17-7-5-16(6-8-17)21(27)25-22-24-18(13-30-22)19-9-10-20(23)31-19/h5-10,13-15H,11-12H2,1-4H3,(H,24,25,27). The highest BCUT2D eigenvalue weighted by Crippen LogP contribution is 2.33. The zero-order valence-electron chi connectivity index (χ0n) is 18.3. The number of sulfonamides is 1. The van der Waals surface area contributed by atoms with E-state index in [1.54, 1.807) is 11.3 Å². The van der Waals surface area contributed by atoms with Crippen molar-refractivity contribution in [2.75, 3.05) is 18.4 Å². The highest BCUT2D eigenvalue weighted by molar-refractivity contribution is 9.11. The van der Waals surface area contributed by atoms with Gasteiger partial charge in [0.1, 0.15) is 0 Å². The van der Waals surface area contributed by atoms with Gasteiger partial charge in [-0.3, -0.25) is 10.1 Å². The largest absolute Gasteiger partial charge is 0.298 e. The Hall–Kier alpha value is -1.59. The quantitative estimate of drug-likeness (QED) is 0.341. The molecule has 0 radical (unpaired) electrons. The molecule has 6 nitrogen and oxygen atoms in total. The predicted octanol–water partition coefficient (Wildman–Crippen LogP) is 6.19. The first kappa shape index (κ1) is 25.0. The molecule has 2 heterocycles.